The van der Waals surface area contributed by atoms with E-state index >= 15 is 0 Å². The SMILES string of the molecule is Cc1oncc1C(=O)Nc1ncc[nH]1. The van der Waals surface area contributed by atoms with Crippen LogP contribution in [0.2, 0.25) is 0 Å². The highest BCUT2D eigenvalue weighted by Gasteiger charge is 2.13. The Morgan fingerprint density at radius 3 is 3.07 bits per heavy atom. The van der Waals surface area contributed by atoms with E-state index < -0.39 is 0 Å². The molecule has 2 aromatic rings. The number of aromatic nitrogens is 3. The molecular formula is C8H8N4O2. The monoisotopic (exact) mass is 192 g/mol. The van der Waals surface area contributed by atoms with Crippen molar-refractivity contribution in [3.63, 3.8) is 0 Å². The van der Waals surface area contributed by atoms with Crippen LogP contribution in [0.25, 0.3) is 0 Å². The minimum absolute atomic E-state index is 0.293. The van der Waals surface area contributed by atoms with Gasteiger partial charge in [0.25, 0.3) is 5.91 Å². The van der Waals surface area contributed by atoms with E-state index in [0.717, 1.165) is 0 Å². The van der Waals surface area contributed by atoms with Gasteiger partial charge < -0.3 is 9.51 Å². The average molecular weight is 192 g/mol. The molecule has 0 fully saturated rings. The summed E-state index contributed by atoms with van der Waals surface area (Å²) in [5.41, 5.74) is 0.404. The first-order valence-electron chi connectivity index (χ1n) is 3.99. The Bertz CT molecular complexity index is 432. The number of imidazole rings is 1. The summed E-state index contributed by atoms with van der Waals surface area (Å²) in [6.07, 6.45) is 4.54. The molecule has 0 aromatic carbocycles. The molecule has 2 N–H and O–H groups in total. The maximum Gasteiger partial charge on any atom is 0.263 e. The van der Waals surface area contributed by atoms with Crippen molar-refractivity contribution >= 4 is 11.9 Å². The van der Waals surface area contributed by atoms with Crippen LogP contribution in [0.1, 0.15) is 16.1 Å². The minimum Gasteiger partial charge on any atom is -0.361 e. The van der Waals surface area contributed by atoms with Crippen LogP contribution < -0.4 is 5.32 Å². The highest BCUT2D eigenvalue weighted by atomic mass is 16.5. The fourth-order valence-electron chi connectivity index (χ4n) is 1.03. The maximum atomic E-state index is 11.5. The van der Waals surface area contributed by atoms with Crippen molar-refractivity contribution in [2.24, 2.45) is 0 Å². The zero-order valence-corrected chi connectivity index (χ0v) is 7.44. The number of aryl methyl sites for hydroxylation is 1. The second-order valence-electron chi connectivity index (χ2n) is 2.69. The van der Waals surface area contributed by atoms with Crippen LogP contribution in [0.4, 0.5) is 5.95 Å². The molecule has 14 heavy (non-hydrogen) atoms. The lowest BCUT2D eigenvalue weighted by Crippen LogP contribution is -2.13. The van der Waals surface area contributed by atoms with Gasteiger partial charge in [0.15, 0.2) is 0 Å². The molecule has 0 saturated carbocycles. The summed E-state index contributed by atoms with van der Waals surface area (Å²) >= 11 is 0. The van der Waals surface area contributed by atoms with Crippen LogP contribution in [-0.4, -0.2) is 21.0 Å². The van der Waals surface area contributed by atoms with Gasteiger partial charge in [0.2, 0.25) is 5.95 Å². The van der Waals surface area contributed by atoms with E-state index in [2.05, 4.69) is 20.4 Å². The van der Waals surface area contributed by atoms with Crippen LogP contribution in [0.5, 0.6) is 0 Å². The van der Waals surface area contributed by atoms with E-state index in [0.29, 0.717) is 17.3 Å². The molecule has 0 aliphatic heterocycles. The van der Waals surface area contributed by atoms with Gasteiger partial charge in [0, 0.05) is 12.4 Å². The Labute approximate surface area is 79.3 Å². The van der Waals surface area contributed by atoms with E-state index in [1.54, 1.807) is 19.3 Å². The van der Waals surface area contributed by atoms with Crippen molar-refractivity contribution in [3.05, 3.63) is 29.9 Å². The molecule has 72 valence electrons. The summed E-state index contributed by atoms with van der Waals surface area (Å²) in [5, 5.41) is 6.07. The lowest BCUT2D eigenvalue weighted by Gasteiger charge is -1.98. The fourth-order valence-corrected chi connectivity index (χ4v) is 1.03. The Balaban J connectivity index is 2.14. The van der Waals surface area contributed by atoms with Gasteiger partial charge in [-0.3, -0.25) is 10.1 Å². The second-order valence-corrected chi connectivity index (χ2v) is 2.69. The molecule has 0 atom stereocenters. The summed E-state index contributed by atoms with van der Waals surface area (Å²) in [5.74, 6) is 0.586. The molecule has 6 heteroatoms. The number of nitrogens with one attached hydrogen (secondary N) is 2. The summed E-state index contributed by atoms with van der Waals surface area (Å²) in [4.78, 5) is 18.1. The molecule has 0 aliphatic rings. The highest BCUT2D eigenvalue weighted by Crippen LogP contribution is 2.07. The third-order valence-electron chi connectivity index (χ3n) is 1.73. The van der Waals surface area contributed by atoms with Gasteiger partial charge in [-0.2, -0.15) is 0 Å². The lowest BCUT2D eigenvalue weighted by atomic mass is 10.2. The van der Waals surface area contributed by atoms with Crippen molar-refractivity contribution in [2.75, 3.05) is 5.32 Å². The van der Waals surface area contributed by atoms with Crippen LogP contribution in [0.3, 0.4) is 0 Å². The van der Waals surface area contributed by atoms with E-state index in [4.69, 9.17) is 4.52 Å². The van der Waals surface area contributed by atoms with E-state index in [1.807, 2.05) is 0 Å². The molecule has 1 amide bonds. The number of rotatable bonds is 2. The Morgan fingerprint density at radius 1 is 1.64 bits per heavy atom. The molecule has 0 spiro atoms. The number of aromatic amines is 1. The maximum absolute atomic E-state index is 11.5. The van der Waals surface area contributed by atoms with Crippen LogP contribution >= 0.6 is 0 Å². The Hall–Kier alpha value is -2.11. The Kier molecular flexibility index (Phi) is 2.02. The fraction of sp³-hybridized carbons (Fsp3) is 0.125. The lowest BCUT2D eigenvalue weighted by molar-refractivity contribution is 0.102. The van der Waals surface area contributed by atoms with Crippen molar-refractivity contribution in [3.8, 4) is 0 Å². The van der Waals surface area contributed by atoms with E-state index in [1.165, 1.54) is 6.20 Å². The average Bonchev–Trinajstić information content (AvgIpc) is 2.75. The third kappa shape index (κ3) is 1.49. The highest BCUT2D eigenvalue weighted by molar-refractivity contribution is 6.03. The van der Waals surface area contributed by atoms with Gasteiger partial charge in [-0.1, -0.05) is 5.16 Å². The van der Waals surface area contributed by atoms with Gasteiger partial charge in [0.1, 0.15) is 11.3 Å². The number of nitrogens with zero attached hydrogens (tertiary/aromatic N) is 2. The first-order chi connectivity index (χ1) is 6.77. The van der Waals surface area contributed by atoms with Gasteiger partial charge in [-0.05, 0) is 6.92 Å². The largest absolute Gasteiger partial charge is 0.361 e. The quantitative estimate of drug-likeness (QED) is 0.742. The number of anilines is 1. The first kappa shape index (κ1) is 8.49. The van der Waals surface area contributed by atoms with Crippen LogP contribution in [-0.2, 0) is 0 Å². The van der Waals surface area contributed by atoms with Gasteiger partial charge in [-0.15, -0.1) is 0 Å². The molecule has 0 radical (unpaired) electrons. The molecule has 6 nitrogen and oxygen atoms in total. The summed E-state index contributed by atoms with van der Waals surface area (Å²) < 4.78 is 4.76. The predicted octanol–water partition coefficient (Wildman–Crippen LogP) is 0.958. The number of H-pyrrole nitrogens is 1. The Morgan fingerprint density at radius 2 is 2.50 bits per heavy atom. The minimum atomic E-state index is -0.293. The number of amides is 1. The van der Waals surface area contributed by atoms with Crippen molar-refractivity contribution < 1.29 is 9.32 Å². The molecule has 2 heterocycles. The number of hydrogen-bond acceptors (Lipinski definition) is 4. The first-order valence-corrected chi connectivity index (χ1v) is 3.99. The molecule has 0 aliphatic carbocycles. The van der Waals surface area contributed by atoms with Crippen LogP contribution in [0.15, 0.2) is 23.1 Å². The van der Waals surface area contributed by atoms with Gasteiger partial charge in [0.05, 0.1) is 6.20 Å². The number of hydrogen-bond donors (Lipinski definition) is 2. The smallest absolute Gasteiger partial charge is 0.263 e. The summed E-state index contributed by atoms with van der Waals surface area (Å²) in [6.45, 7) is 1.67. The summed E-state index contributed by atoms with van der Waals surface area (Å²) in [7, 11) is 0. The topological polar surface area (TPSA) is 83.8 Å². The van der Waals surface area contributed by atoms with Crippen molar-refractivity contribution in [1.82, 2.24) is 15.1 Å². The number of carbonyl (C=O) groups is 1. The zero-order valence-electron chi connectivity index (χ0n) is 7.44. The standard InChI is InChI=1S/C8H8N4O2/c1-5-6(4-11-14-5)7(13)12-8-9-2-3-10-8/h2-4H,1H3,(H2,9,10,12,13). The number of carbonyl (C=O) groups excluding carboxylic acids is 1. The van der Waals surface area contributed by atoms with Crippen molar-refractivity contribution in [2.45, 2.75) is 6.92 Å². The molecule has 2 aromatic heterocycles. The van der Waals surface area contributed by atoms with Crippen LogP contribution in [0, 0.1) is 6.92 Å². The molecule has 2 rings (SSSR count). The van der Waals surface area contributed by atoms with Crippen molar-refractivity contribution in [1.29, 1.82) is 0 Å². The second kappa shape index (κ2) is 3.33. The van der Waals surface area contributed by atoms with Gasteiger partial charge in [-0.25, -0.2) is 4.98 Å². The van der Waals surface area contributed by atoms with E-state index in [9.17, 15) is 4.79 Å². The van der Waals surface area contributed by atoms with E-state index in [-0.39, 0.29) is 5.91 Å². The molecular weight excluding hydrogens is 184 g/mol. The zero-order chi connectivity index (χ0) is 9.97. The molecule has 0 saturated heterocycles. The summed E-state index contributed by atoms with van der Waals surface area (Å²) in [6, 6.07) is 0. The third-order valence-corrected chi connectivity index (χ3v) is 1.73. The predicted molar refractivity (Wildman–Crippen MR) is 47.8 cm³/mol. The normalized spacial score (nSPS) is 10.1. The van der Waals surface area contributed by atoms with Gasteiger partial charge >= 0.3 is 0 Å². The molecule has 0 unspecified atom stereocenters. The molecule has 0 bridgehead atoms.